The molecule has 0 spiro atoms. The number of methoxy groups -OCH3 is 1. The Morgan fingerprint density at radius 3 is 2.43 bits per heavy atom. The normalized spacial score (nSPS) is 10.8. The molecule has 0 unspecified atom stereocenters. The van der Waals surface area contributed by atoms with Crippen LogP contribution in [-0.4, -0.2) is 26.9 Å². The molecule has 0 atom stereocenters. The average Bonchev–Trinajstić information content (AvgIpc) is 3.18. The quantitative estimate of drug-likeness (QED) is 0.443. The fraction of sp³-hybridized carbons (Fsp3) is 0.0952. The summed E-state index contributed by atoms with van der Waals surface area (Å²) in [6.45, 7) is 0. The Kier molecular flexibility index (Phi) is 5.34. The SMILES string of the molecule is COc1ccc(-n2c(SCc3ccc(F)cc3)nnc2-c2ccccn2)cc1. The molecular formula is C21H17FN4OS. The van der Waals surface area contributed by atoms with Crippen molar-refractivity contribution >= 4 is 11.8 Å². The standard InChI is InChI=1S/C21H17FN4OS/c1-27-18-11-9-17(10-12-18)26-20(19-4-2-3-13-23-19)24-25-21(26)28-14-15-5-7-16(22)8-6-15/h2-13H,14H2,1H3. The lowest BCUT2D eigenvalue weighted by Gasteiger charge is -2.11. The van der Waals surface area contributed by atoms with E-state index in [4.69, 9.17) is 4.74 Å². The van der Waals surface area contributed by atoms with Crippen LogP contribution in [0.2, 0.25) is 0 Å². The Hall–Kier alpha value is -3.19. The van der Waals surface area contributed by atoms with Crippen molar-refractivity contribution in [1.29, 1.82) is 0 Å². The Morgan fingerprint density at radius 2 is 1.75 bits per heavy atom. The Bertz CT molecular complexity index is 1050. The van der Waals surface area contributed by atoms with Gasteiger partial charge in [0, 0.05) is 11.9 Å². The van der Waals surface area contributed by atoms with E-state index in [0.29, 0.717) is 11.6 Å². The van der Waals surface area contributed by atoms with E-state index in [1.807, 2.05) is 47.0 Å². The molecule has 0 aliphatic rings. The number of hydrogen-bond donors (Lipinski definition) is 0. The van der Waals surface area contributed by atoms with Gasteiger partial charge in [0.05, 0.1) is 12.8 Å². The molecule has 0 radical (unpaired) electrons. The first-order chi connectivity index (χ1) is 13.7. The zero-order valence-corrected chi connectivity index (χ0v) is 15.9. The van der Waals surface area contributed by atoms with E-state index in [1.165, 1.54) is 23.9 Å². The van der Waals surface area contributed by atoms with Crippen molar-refractivity contribution in [3.8, 4) is 23.0 Å². The summed E-state index contributed by atoms with van der Waals surface area (Å²) in [4.78, 5) is 4.41. The van der Waals surface area contributed by atoms with Crippen LogP contribution in [0.15, 0.2) is 78.1 Å². The van der Waals surface area contributed by atoms with Gasteiger partial charge in [-0.05, 0) is 54.1 Å². The number of pyridine rings is 1. The largest absolute Gasteiger partial charge is 0.497 e. The molecule has 2 aromatic carbocycles. The van der Waals surface area contributed by atoms with Crippen LogP contribution in [0.5, 0.6) is 5.75 Å². The van der Waals surface area contributed by atoms with E-state index in [0.717, 1.165) is 27.9 Å². The van der Waals surface area contributed by atoms with Gasteiger partial charge in [-0.15, -0.1) is 10.2 Å². The number of nitrogens with zero attached hydrogens (tertiary/aromatic N) is 4. The second-order valence-corrected chi connectivity index (χ2v) is 6.91. The van der Waals surface area contributed by atoms with Crippen LogP contribution in [-0.2, 0) is 5.75 Å². The van der Waals surface area contributed by atoms with Crippen molar-refractivity contribution in [2.75, 3.05) is 7.11 Å². The summed E-state index contributed by atoms with van der Waals surface area (Å²) in [6, 6.07) is 19.9. The van der Waals surface area contributed by atoms with Crippen molar-refractivity contribution in [3.63, 3.8) is 0 Å². The van der Waals surface area contributed by atoms with Crippen LogP contribution in [0.4, 0.5) is 4.39 Å². The topological polar surface area (TPSA) is 52.8 Å². The van der Waals surface area contributed by atoms with Gasteiger partial charge in [0.2, 0.25) is 0 Å². The van der Waals surface area contributed by atoms with Crippen molar-refractivity contribution in [3.05, 3.63) is 84.3 Å². The molecule has 0 fully saturated rings. The van der Waals surface area contributed by atoms with Crippen molar-refractivity contribution in [1.82, 2.24) is 19.7 Å². The fourth-order valence-corrected chi connectivity index (χ4v) is 3.62. The summed E-state index contributed by atoms with van der Waals surface area (Å²) in [6.07, 6.45) is 1.73. The first-order valence-electron chi connectivity index (χ1n) is 8.63. The van der Waals surface area contributed by atoms with Crippen molar-refractivity contribution in [2.24, 2.45) is 0 Å². The molecule has 0 aliphatic carbocycles. The van der Waals surface area contributed by atoms with Crippen LogP contribution < -0.4 is 4.74 Å². The third kappa shape index (κ3) is 3.89. The second-order valence-electron chi connectivity index (χ2n) is 5.97. The summed E-state index contributed by atoms with van der Waals surface area (Å²) < 4.78 is 20.4. The molecule has 4 rings (SSSR count). The molecule has 4 aromatic rings. The summed E-state index contributed by atoms with van der Waals surface area (Å²) >= 11 is 1.53. The number of thioether (sulfide) groups is 1. The zero-order valence-electron chi connectivity index (χ0n) is 15.1. The Labute approximate surface area is 166 Å². The Morgan fingerprint density at radius 1 is 0.964 bits per heavy atom. The van der Waals surface area contributed by atoms with Crippen LogP contribution in [0, 0.1) is 5.82 Å². The number of ether oxygens (including phenoxy) is 1. The molecule has 0 saturated heterocycles. The van der Waals surface area contributed by atoms with Gasteiger partial charge >= 0.3 is 0 Å². The molecule has 5 nitrogen and oxygen atoms in total. The molecule has 0 aliphatic heterocycles. The first-order valence-corrected chi connectivity index (χ1v) is 9.61. The zero-order chi connectivity index (χ0) is 19.3. The summed E-state index contributed by atoms with van der Waals surface area (Å²) in [5.74, 6) is 1.84. The van der Waals surface area contributed by atoms with E-state index in [-0.39, 0.29) is 5.82 Å². The second kappa shape index (κ2) is 8.22. The monoisotopic (exact) mass is 392 g/mol. The van der Waals surface area contributed by atoms with Gasteiger partial charge < -0.3 is 4.74 Å². The van der Waals surface area contributed by atoms with Gasteiger partial charge in [0.15, 0.2) is 11.0 Å². The smallest absolute Gasteiger partial charge is 0.196 e. The van der Waals surface area contributed by atoms with Gasteiger partial charge in [-0.1, -0.05) is 30.0 Å². The van der Waals surface area contributed by atoms with Crippen molar-refractivity contribution < 1.29 is 9.13 Å². The maximum absolute atomic E-state index is 13.1. The third-order valence-electron chi connectivity index (χ3n) is 4.14. The molecule has 0 saturated carbocycles. The van der Waals surface area contributed by atoms with E-state index in [9.17, 15) is 4.39 Å². The highest BCUT2D eigenvalue weighted by molar-refractivity contribution is 7.98. The van der Waals surface area contributed by atoms with Gasteiger partial charge in [0.25, 0.3) is 0 Å². The molecule has 0 amide bonds. The minimum Gasteiger partial charge on any atom is -0.497 e. The van der Waals surface area contributed by atoms with Crippen molar-refractivity contribution in [2.45, 2.75) is 10.9 Å². The van der Waals surface area contributed by atoms with E-state index < -0.39 is 0 Å². The summed E-state index contributed by atoms with van der Waals surface area (Å²) in [7, 11) is 1.64. The third-order valence-corrected chi connectivity index (χ3v) is 5.14. The minimum absolute atomic E-state index is 0.243. The molecule has 7 heteroatoms. The predicted molar refractivity (Wildman–Crippen MR) is 107 cm³/mol. The molecule has 0 bridgehead atoms. The molecule has 2 heterocycles. The maximum atomic E-state index is 13.1. The molecule has 2 aromatic heterocycles. The van der Waals surface area contributed by atoms with Gasteiger partial charge in [-0.25, -0.2) is 4.39 Å². The first kappa shape index (κ1) is 18.2. The number of aromatic nitrogens is 4. The fourth-order valence-electron chi connectivity index (χ4n) is 2.72. The molecule has 140 valence electrons. The van der Waals surface area contributed by atoms with E-state index >= 15 is 0 Å². The summed E-state index contributed by atoms with van der Waals surface area (Å²) in [5, 5.41) is 9.48. The number of rotatable bonds is 6. The predicted octanol–water partition coefficient (Wildman–Crippen LogP) is 4.77. The van der Waals surface area contributed by atoms with Crippen LogP contribution in [0.25, 0.3) is 17.2 Å². The van der Waals surface area contributed by atoms with Gasteiger partial charge in [0.1, 0.15) is 17.3 Å². The highest BCUT2D eigenvalue weighted by Gasteiger charge is 2.17. The lowest BCUT2D eigenvalue weighted by atomic mass is 10.2. The lowest BCUT2D eigenvalue weighted by Crippen LogP contribution is -2.01. The van der Waals surface area contributed by atoms with Crippen LogP contribution >= 0.6 is 11.8 Å². The van der Waals surface area contributed by atoms with Crippen LogP contribution in [0.3, 0.4) is 0 Å². The molecule has 28 heavy (non-hydrogen) atoms. The lowest BCUT2D eigenvalue weighted by molar-refractivity contribution is 0.414. The highest BCUT2D eigenvalue weighted by atomic mass is 32.2. The minimum atomic E-state index is -0.243. The average molecular weight is 392 g/mol. The van der Waals surface area contributed by atoms with Gasteiger partial charge in [-0.3, -0.25) is 9.55 Å². The summed E-state index contributed by atoms with van der Waals surface area (Å²) in [5.41, 5.74) is 2.66. The molecule has 0 N–H and O–H groups in total. The van der Waals surface area contributed by atoms with E-state index in [2.05, 4.69) is 15.2 Å². The number of benzene rings is 2. The van der Waals surface area contributed by atoms with E-state index in [1.54, 1.807) is 25.4 Å². The van der Waals surface area contributed by atoms with Crippen LogP contribution in [0.1, 0.15) is 5.56 Å². The Balaban J connectivity index is 1.71. The maximum Gasteiger partial charge on any atom is 0.196 e. The highest BCUT2D eigenvalue weighted by Crippen LogP contribution is 2.29. The number of halogens is 1. The molecular weight excluding hydrogens is 375 g/mol. The van der Waals surface area contributed by atoms with Gasteiger partial charge in [-0.2, -0.15) is 0 Å². The number of hydrogen-bond acceptors (Lipinski definition) is 5.